The average Bonchev–Trinajstić information content (AvgIpc) is 2.25. The number of carbonyl (C=O) groups excluding carboxylic acids is 1. The minimum absolute atomic E-state index is 0.156. The Morgan fingerprint density at radius 1 is 1.40 bits per heavy atom. The fraction of sp³-hybridized carbons (Fsp3) is 0.417. The molecule has 1 aromatic rings. The fourth-order valence-electron chi connectivity index (χ4n) is 1.17. The third kappa shape index (κ3) is 4.34. The summed E-state index contributed by atoms with van der Waals surface area (Å²) in [6.45, 7) is 2.31. The lowest BCUT2D eigenvalue weighted by atomic mass is 10.2. The fourth-order valence-corrected chi connectivity index (χ4v) is 1.36. The first-order valence-electron chi connectivity index (χ1n) is 5.13. The van der Waals surface area contributed by atoms with Crippen LogP contribution >= 0.6 is 11.6 Å². The highest BCUT2D eigenvalue weighted by Crippen LogP contribution is 2.15. The Labute approximate surface area is 95.2 Å². The van der Waals surface area contributed by atoms with E-state index in [2.05, 4.69) is 0 Å². The summed E-state index contributed by atoms with van der Waals surface area (Å²) in [4.78, 5) is 11.2. The maximum atomic E-state index is 11.2. The molecule has 1 rings (SSSR count). The van der Waals surface area contributed by atoms with Crippen molar-refractivity contribution in [2.75, 3.05) is 0 Å². The normalized spacial score (nSPS) is 10.0. The van der Waals surface area contributed by atoms with Crippen LogP contribution in [0.25, 0.3) is 0 Å². The number of hydrogen-bond donors (Lipinski definition) is 0. The van der Waals surface area contributed by atoms with Gasteiger partial charge in [-0.25, -0.2) is 0 Å². The molecule has 0 bridgehead atoms. The quantitative estimate of drug-likeness (QED) is 0.718. The van der Waals surface area contributed by atoms with Crippen LogP contribution in [0.5, 0.6) is 0 Å². The van der Waals surface area contributed by atoms with Crippen LogP contribution in [0.2, 0.25) is 5.02 Å². The zero-order valence-electron chi connectivity index (χ0n) is 8.83. The average molecular weight is 227 g/mol. The summed E-state index contributed by atoms with van der Waals surface area (Å²) in [5.74, 6) is -0.156. The van der Waals surface area contributed by atoms with Crippen LogP contribution in [0.1, 0.15) is 31.7 Å². The molecular formula is C12H15ClO2. The summed E-state index contributed by atoms with van der Waals surface area (Å²) in [7, 11) is 0. The number of ether oxygens (including phenoxy) is 1. The highest BCUT2D eigenvalue weighted by molar-refractivity contribution is 6.31. The summed E-state index contributed by atoms with van der Waals surface area (Å²) in [6.07, 6.45) is 2.36. The van der Waals surface area contributed by atoms with Gasteiger partial charge in [-0.05, 0) is 12.5 Å². The lowest BCUT2D eigenvalue weighted by Crippen LogP contribution is -2.04. The first-order valence-corrected chi connectivity index (χ1v) is 5.51. The van der Waals surface area contributed by atoms with Gasteiger partial charge in [0.1, 0.15) is 6.61 Å². The van der Waals surface area contributed by atoms with Gasteiger partial charge in [0.2, 0.25) is 0 Å². The van der Waals surface area contributed by atoms with E-state index in [1.807, 2.05) is 25.1 Å². The number of hydrogen-bond acceptors (Lipinski definition) is 2. The first kappa shape index (κ1) is 12.1. The van der Waals surface area contributed by atoms with Crippen LogP contribution in [0.3, 0.4) is 0 Å². The number of halogens is 1. The van der Waals surface area contributed by atoms with Gasteiger partial charge in [-0.1, -0.05) is 43.1 Å². The Morgan fingerprint density at radius 2 is 2.13 bits per heavy atom. The van der Waals surface area contributed by atoms with E-state index in [9.17, 15) is 4.79 Å². The molecule has 0 heterocycles. The van der Waals surface area contributed by atoms with Crippen molar-refractivity contribution in [3.05, 3.63) is 34.9 Å². The number of unbranched alkanes of at least 4 members (excludes halogenated alkanes) is 1. The molecule has 0 N–H and O–H groups in total. The van der Waals surface area contributed by atoms with E-state index in [-0.39, 0.29) is 12.6 Å². The Balaban J connectivity index is 2.37. The van der Waals surface area contributed by atoms with Crippen LogP contribution in [0.15, 0.2) is 24.3 Å². The smallest absolute Gasteiger partial charge is 0.306 e. The molecular weight excluding hydrogens is 212 g/mol. The first-order chi connectivity index (χ1) is 7.24. The third-order valence-electron chi connectivity index (χ3n) is 2.08. The lowest BCUT2D eigenvalue weighted by molar-refractivity contribution is -0.145. The molecule has 0 aliphatic heterocycles. The summed E-state index contributed by atoms with van der Waals surface area (Å²) < 4.78 is 5.09. The van der Waals surface area contributed by atoms with Crippen molar-refractivity contribution in [2.45, 2.75) is 32.8 Å². The van der Waals surface area contributed by atoms with Gasteiger partial charge in [0.25, 0.3) is 0 Å². The van der Waals surface area contributed by atoms with E-state index >= 15 is 0 Å². The molecule has 0 atom stereocenters. The molecule has 0 saturated heterocycles. The van der Waals surface area contributed by atoms with E-state index < -0.39 is 0 Å². The Morgan fingerprint density at radius 3 is 2.80 bits per heavy atom. The van der Waals surface area contributed by atoms with Gasteiger partial charge in [-0.15, -0.1) is 0 Å². The van der Waals surface area contributed by atoms with Crippen LogP contribution in [-0.2, 0) is 16.1 Å². The molecule has 0 aromatic heterocycles. The van der Waals surface area contributed by atoms with Gasteiger partial charge in [-0.3, -0.25) is 4.79 Å². The third-order valence-corrected chi connectivity index (χ3v) is 2.45. The van der Waals surface area contributed by atoms with Crippen molar-refractivity contribution >= 4 is 17.6 Å². The highest BCUT2D eigenvalue weighted by atomic mass is 35.5. The maximum absolute atomic E-state index is 11.2. The van der Waals surface area contributed by atoms with Crippen molar-refractivity contribution in [1.82, 2.24) is 0 Å². The predicted molar refractivity (Wildman–Crippen MR) is 60.8 cm³/mol. The van der Waals surface area contributed by atoms with Gasteiger partial charge < -0.3 is 4.74 Å². The molecule has 3 heteroatoms. The summed E-state index contributed by atoms with van der Waals surface area (Å²) in [6, 6.07) is 7.37. The molecule has 1 aromatic carbocycles. The van der Waals surface area contributed by atoms with Crippen molar-refractivity contribution in [1.29, 1.82) is 0 Å². The number of benzene rings is 1. The van der Waals surface area contributed by atoms with E-state index in [1.165, 1.54) is 0 Å². The van der Waals surface area contributed by atoms with Crippen molar-refractivity contribution in [2.24, 2.45) is 0 Å². The Bertz CT molecular complexity index is 323. The molecule has 0 spiro atoms. The van der Waals surface area contributed by atoms with Crippen LogP contribution < -0.4 is 0 Å². The second-order valence-corrected chi connectivity index (χ2v) is 3.76. The highest BCUT2D eigenvalue weighted by Gasteiger charge is 2.04. The molecule has 0 amide bonds. The zero-order valence-corrected chi connectivity index (χ0v) is 9.59. The minimum atomic E-state index is -0.156. The molecule has 0 aliphatic rings. The van der Waals surface area contributed by atoms with Crippen molar-refractivity contribution in [3.63, 3.8) is 0 Å². The second-order valence-electron chi connectivity index (χ2n) is 3.36. The monoisotopic (exact) mass is 226 g/mol. The van der Waals surface area contributed by atoms with E-state index in [0.717, 1.165) is 18.4 Å². The van der Waals surface area contributed by atoms with E-state index in [1.54, 1.807) is 6.07 Å². The SMILES string of the molecule is CCCCC(=O)OCc1ccccc1Cl. The molecule has 15 heavy (non-hydrogen) atoms. The number of carbonyl (C=O) groups is 1. The van der Waals surface area contributed by atoms with Gasteiger partial charge in [0, 0.05) is 17.0 Å². The molecule has 0 aliphatic carbocycles. The van der Waals surface area contributed by atoms with E-state index in [0.29, 0.717) is 11.4 Å². The summed E-state index contributed by atoms with van der Waals surface area (Å²) in [5.41, 5.74) is 0.851. The standard InChI is InChI=1S/C12H15ClO2/c1-2-3-8-12(14)15-9-10-6-4-5-7-11(10)13/h4-7H,2-3,8-9H2,1H3. The van der Waals surface area contributed by atoms with E-state index in [4.69, 9.17) is 16.3 Å². The van der Waals surface area contributed by atoms with Gasteiger partial charge >= 0.3 is 5.97 Å². The largest absolute Gasteiger partial charge is 0.461 e. The van der Waals surface area contributed by atoms with Crippen LogP contribution in [0, 0.1) is 0 Å². The van der Waals surface area contributed by atoms with Crippen molar-refractivity contribution in [3.8, 4) is 0 Å². The van der Waals surface area contributed by atoms with Crippen LogP contribution in [0.4, 0.5) is 0 Å². The summed E-state index contributed by atoms with van der Waals surface area (Å²) >= 11 is 5.92. The predicted octanol–water partition coefficient (Wildman–Crippen LogP) is 3.57. The number of esters is 1. The molecule has 0 saturated carbocycles. The number of rotatable bonds is 5. The van der Waals surface area contributed by atoms with Crippen molar-refractivity contribution < 1.29 is 9.53 Å². The zero-order chi connectivity index (χ0) is 11.1. The van der Waals surface area contributed by atoms with Crippen LogP contribution in [-0.4, -0.2) is 5.97 Å². The Kier molecular flexibility index (Phi) is 5.19. The second kappa shape index (κ2) is 6.46. The Hall–Kier alpha value is -1.02. The van der Waals surface area contributed by atoms with Gasteiger partial charge in [0.05, 0.1) is 0 Å². The van der Waals surface area contributed by atoms with Gasteiger partial charge in [0.15, 0.2) is 0 Å². The molecule has 0 fully saturated rings. The van der Waals surface area contributed by atoms with Gasteiger partial charge in [-0.2, -0.15) is 0 Å². The molecule has 2 nitrogen and oxygen atoms in total. The topological polar surface area (TPSA) is 26.3 Å². The molecule has 82 valence electrons. The lowest BCUT2D eigenvalue weighted by Gasteiger charge is -2.05. The maximum Gasteiger partial charge on any atom is 0.306 e. The molecule has 0 radical (unpaired) electrons. The summed E-state index contributed by atoms with van der Waals surface area (Å²) in [5, 5.41) is 0.640. The minimum Gasteiger partial charge on any atom is -0.461 e. The molecule has 0 unspecified atom stereocenters.